The smallest absolute Gasteiger partial charge is 0.335 e. The normalized spacial score (nSPS) is 17.9. The van der Waals surface area contributed by atoms with E-state index in [0.29, 0.717) is 11.5 Å². The molecule has 2 aliphatic heterocycles. The third kappa shape index (κ3) is 5.31. The van der Waals surface area contributed by atoms with Gasteiger partial charge in [-0.05, 0) is 54.7 Å². The van der Waals surface area contributed by atoms with Crippen molar-refractivity contribution in [1.29, 1.82) is 0 Å². The molecule has 0 spiro atoms. The molecule has 0 bridgehead atoms. The molecule has 0 radical (unpaired) electrons. The van der Waals surface area contributed by atoms with Crippen LogP contribution in [0.4, 0.5) is 5.69 Å². The van der Waals surface area contributed by atoms with E-state index >= 15 is 0 Å². The summed E-state index contributed by atoms with van der Waals surface area (Å²) in [4.78, 5) is 31.9. The maximum absolute atomic E-state index is 12.9. The third-order valence-corrected chi connectivity index (χ3v) is 9.82. The van der Waals surface area contributed by atoms with E-state index in [1.54, 1.807) is 6.07 Å². The van der Waals surface area contributed by atoms with Gasteiger partial charge in [0.25, 0.3) is 5.91 Å². The second kappa shape index (κ2) is 11.9. The molecule has 1 saturated heterocycles. The Morgan fingerprint density at radius 3 is 2.26 bits per heavy atom. The summed E-state index contributed by atoms with van der Waals surface area (Å²) in [6.45, 7) is 6.78. The highest BCUT2D eigenvalue weighted by Crippen LogP contribution is 2.47. The molecule has 1 N–H and O–H groups in total. The van der Waals surface area contributed by atoms with Gasteiger partial charge < -0.3 is 19.5 Å². The van der Waals surface area contributed by atoms with Gasteiger partial charge in [0.1, 0.15) is 0 Å². The number of hydrogen-bond acceptors (Lipinski definition) is 4. The first-order chi connectivity index (χ1) is 21.1. The van der Waals surface area contributed by atoms with Crippen molar-refractivity contribution < 1.29 is 14.7 Å². The van der Waals surface area contributed by atoms with Crippen LogP contribution in [0.3, 0.4) is 0 Å². The van der Waals surface area contributed by atoms with Crippen LogP contribution in [-0.2, 0) is 6.54 Å². The van der Waals surface area contributed by atoms with Crippen molar-refractivity contribution in [1.82, 2.24) is 14.4 Å². The van der Waals surface area contributed by atoms with Gasteiger partial charge >= 0.3 is 5.97 Å². The number of carboxylic acids is 1. The van der Waals surface area contributed by atoms with E-state index in [4.69, 9.17) is 0 Å². The molecular formula is C36H40N4O3. The highest BCUT2D eigenvalue weighted by molar-refractivity contribution is 5.99. The number of nitrogens with zero attached hydrogens (tertiary/aromatic N) is 4. The van der Waals surface area contributed by atoms with E-state index in [1.807, 2.05) is 41.3 Å². The minimum atomic E-state index is -0.877. The standard InChI is InChI=1S/C36H40N4O3/c41-35(27-11-5-2-6-12-27)39-21-18-37(19-22-39)17-20-38-23-24-40-32-25-28(36(42)43)15-16-29(32)33(26-9-3-1-4-10-26)34(40)30-13-7-8-14-31(30)38/h2,5-8,11-16,25-26H,1,3-4,9-10,17-24H2,(H,42,43). The molecule has 1 saturated carbocycles. The fourth-order valence-corrected chi connectivity index (χ4v) is 7.56. The second-order valence-electron chi connectivity index (χ2n) is 12.3. The van der Waals surface area contributed by atoms with Gasteiger partial charge in [-0.3, -0.25) is 9.69 Å². The maximum atomic E-state index is 12.9. The Kier molecular flexibility index (Phi) is 7.66. The monoisotopic (exact) mass is 576 g/mol. The predicted molar refractivity (Wildman–Crippen MR) is 171 cm³/mol. The summed E-state index contributed by atoms with van der Waals surface area (Å²) in [6.07, 6.45) is 6.19. The SMILES string of the molecule is O=C(O)c1ccc2c(C3CCCCC3)c3n(c2c1)CCN(CCN1CCN(C(=O)c2ccccc2)CC1)c1ccccc1-3. The number of carbonyl (C=O) groups excluding carboxylic acids is 1. The molecule has 4 aromatic rings. The molecule has 222 valence electrons. The molecule has 43 heavy (non-hydrogen) atoms. The number of anilines is 1. The molecule has 3 aromatic carbocycles. The highest BCUT2D eigenvalue weighted by atomic mass is 16.4. The van der Waals surface area contributed by atoms with Gasteiger partial charge in [-0.15, -0.1) is 0 Å². The average Bonchev–Trinajstić information content (AvgIpc) is 3.29. The van der Waals surface area contributed by atoms with Crippen molar-refractivity contribution in [2.45, 2.75) is 44.6 Å². The van der Waals surface area contributed by atoms with Gasteiger partial charge in [0, 0.05) is 80.1 Å². The lowest BCUT2D eigenvalue weighted by atomic mass is 9.81. The predicted octanol–water partition coefficient (Wildman–Crippen LogP) is 6.33. The van der Waals surface area contributed by atoms with Gasteiger partial charge in [-0.25, -0.2) is 4.79 Å². The van der Waals surface area contributed by atoms with Crippen molar-refractivity contribution in [3.8, 4) is 11.3 Å². The summed E-state index contributed by atoms with van der Waals surface area (Å²) in [5.41, 5.74) is 7.38. The Morgan fingerprint density at radius 2 is 1.49 bits per heavy atom. The van der Waals surface area contributed by atoms with Crippen molar-refractivity contribution >= 4 is 28.5 Å². The number of benzene rings is 3. The first kappa shape index (κ1) is 27.7. The Hall–Kier alpha value is -4.10. The van der Waals surface area contributed by atoms with Crippen LogP contribution in [0, 0.1) is 0 Å². The zero-order valence-corrected chi connectivity index (χ0v) is 24.8. The molecule has 2 fully saturated rings. The quantitative estimate of drug-likeness (QED) is 0.291. The van der Waals surface area contributed by atoms with Crippen molar-refractivity contribution in [2.24, 2.45) is 0 Å². The lowest BCUT2D eigenvalue weighted by Gasteiger charge is -2.36. The lowest BCUT2D eigenvalue weighted by Crippen LogP contribution is -2.50. The van der Waals surface area contributed by atoms with Crippen LogP contribution in [0.15, 0.2) is 72.8 Å². The molecule has 1 aliphatic carbocycles. The number of para-hydroxylation sites is 1. The topological polar surface area (TPSA) is 69.0 Å². The van der Waals surface area contributed by atoms with Crippen LogP contribution in [0.5, 0.6) is 0 Å². The Balaban J connectivity index is 1.14. The molecule has 3 heterocycles. The van der Waals surface area contributed by atoms with Crippen LogP contribution in [0.25, 0.3) is 22.2 Å². The number of piperazine rings is 1. The molecule has 7 rings (SSSR count). The minimum Gasteiger partial charge on any atom is -0.478 e. The lowest BCUT2D eigenvalue weighted by molar-refractivity contribution is 0.0639. The number of hydrogen-bond donors (Lipinski definition) is 1. The molecule has 0 atom stereocenters. The number of aromatic carboxylic acids is 1. The number of carbonyl (C=O) groups is 2. The van der Waals surface area contributed by atoms with E-state index in [0.717, 1.165) is 63.4 Å². The zero-order valence-electron chi connectivity index (χ0n) is 24.8. The van der Waals surface area contributed by atoms with Crippen molar-refractivity contribution in [3.63, 3.8) is 0 Å². The number of carboxylic acid groups (broad SMARTS) is 1. The molecule has 0 unspecified atom stereocenters. The van der Waals surface area contributed by atoms with Crippen LogP contribution in [0.1, 0.15) is 64.3 Å². The van der Waals surface area contributed by atoms with Gasteiger partial charge in [-0.2, -0.15) is 0 Å². The molecular weight excluding hydrogens is 536 g/mol. The minimum absolute atomic E-state index is 0.121. The first-order valence-corrected chi connectivity index (χ1v) is 15.9. The molecule has 1 amide bonds. The Morgan fingerprint density at radius 1 is 0.744 bits per heavy atom. The molecule has 7 nitrogen and oxygen atoms in total. The van der Waals surface area contributed by atoms with Crippen LogP contribution in [0.2, 0.25) is 0 Å². The van der Waals surface area contributed by atoms with Crippen LogP contribution in [-0.4, -0.2) is 77.2 Å². The van der Waals surface area contributed by atoms with Gasteiger partial charge in [0.15, 0.2) is 0 Å². The van der Waals surface area contributed by atoms with E-state index in [-0.39, 0.29) is 5.91 Å². The maximum Gasteiger partial charge on any atom is 0.335 e. The number of aromatic nitrogens is 1. The molecule has 1 aromatic heterocycles. The molecule has 3 aliphatic rings. The zero-order chi connectivity index (χ0) is 29.3. The fraction of sp³-hybridized carbons (Fsp3) is 0.389. The number of amides is 1. The summed E-state index contributed by atoms with van der Waals surface area (Å²) in [7, 11) is 0. The summed E-state index contributed by atoms with van der Waals surface area (Å²) >= 11 is 0. The Labute approximate surface area is 253 Å². The fourth-order valence-electron chi connectivity index (χ4n) is 7.56. The van der Waals surface area contributed by atoms with Gasteiger partial charge in [-0.1, -0.05) is 61.7 Å². The first-order valence-electron chi connectivity index (χ1n) is 15.9. The summed E-state index contributed by atoms with van der Waals surface area (Å²) in [5.74, 6) is -0.258. The van der Waals surface area contributed by atoms with E-state index in [9.17, 15) is 14.7 Å². The largest absolute Gasteiger partial charge is 0.478 e. The third-order valence-electron chi connectivity index (χ3n) is 9.82. The van der Waals surface area contributed by atoms with E-state index in [2.05, 4.69) is 44.7 Å². The number of rotatable bonds is 6. The summed E-state index contributed by atoms with van der Waals surface area (Å²) in [6, 6.07) is 24.1. The summed E-state index contributed by atoms with van der Waals surface area (Å²) < 4.78 is 2.42. The Bertz CT molecular complexity index is 1630. The van der Waals surface area contributed by atoms with E-state index < -0.39 is 5.97 Å². The van der Waals surface area contributed by atoms with E-state index in [1.165, 1.54) is 60.0 Å². The second-order valence-corrected chi connectivity index (χ2v) is 12.3. The van der Waals surface area contributed by atoms with Crippen molar-refractivity contribution in [3.05, 3.63) is 89.5 Å². The molecule has 7 heteroatoms. The summed E-state index contributed by atoms with van der Waals surface area (Å²) in [5, 5.41) is 11.0. The number of fused-ring (bicyclic) bond motifs is 5. The average molecular weight is 577 g/mol. The van der Waals surface area contributed by atoms with Crippen LogP contribution < -0.4 is 4.90 Å². The van der Waals surface area contributed by atoms with Gasteiger partial charge in [0.05, 0.1) is 11.3 Å². The van der Waals surface area contributed by atoms with Gasteiger partial charge in [0.2, 0.25) is 0 Å². The van der Waals surface area contributed by atoms with Crippen LogP contribution >= 0.6 is 0 Å². The highest BCUT2D eigenvalue weighted by Gasteiger charge is 2.31. The van der Waals surface area contributed by atoms with Crippen molar-refractivity contribution in [2.75, 3.05) is 50.7 Å².